The van der Waals surface area contributed by atoms with Crippen molar-refractivity contribution in [3.63, 3.8) is 0 Å². The van der Waals surface area contributed by atoms with Crippen molar-refractivity contribution in [1.29, 1.82) is 0 Å². The Hall–Kier alpha value is -1.48. The van der Waals surface area contributed by atoms with Gasteiger partial charge in [-0.15, -0.1) is 23.5 Å². The molecule has 1 aromatic carbocycles. The first kappa shape index (κ1) is 18.3. The van der Waals surface area contributed by atoms with Gasteiger partial charge in [0.1, 0.15) is 5.03 Å². The second-order valence-electron chi connectivity index (χ2n) is 5.07. The van der Waals surface area contributed by atoms with Gasteiger partial charge in [-0.25, -0.2) is 0 Å². The monoisotopic (exact) mass is 410 g/mol. The highest BCUT2D eigenvalue weighted by atomic mass is 35.5. The molecule has 2 aromatic heterocycles. The predicted octanol–water partition coefficient (Wildman–Crippen LogP) is 4.74. The van der Waals surface area contributed by atoms with Crippen LogP contribution in [0.1, 0.15) is 15.9 Å². The number of hydrogen-bond donors (Lipinski definition) is 1. The number of carbonyl (C=O) groups excluding carboxylic acids is 1. The van der Waals surface area contributed by atoms with Crippen molar-refractivity contribution in [3.05, 3.63) is 52.8 Å². The van der Waals surface area contributed by atoms with Gasteiger partial charge in [0.05, 0.1) is 28.2 Å². The number of nitrogens with one attached hydrogen (secondary N) is 1. The zero-order chi connectivity index (χ0) is 17.8. The number of halogens is 1. The van der Waals surface area contributed by atoms with Gasteiger partial charge in [0.25, 0.3) is 5.91 Å². The lowest BCUT2D eigenvalue weighted by atomic mass is 10.2. The van der Waals surface area contributed by atoms with E-state index in [2.05, 4.69) is 14.8 Å². The number of thioether (sulfide) groups is 2. The summed E-state index contributed by atoms with van der Waals surface area (Å²) >= 11 is 10.2. The number of carbonyl (C=O) groups is 1. The quantitative estimate of drug-likeness (QED) is 0.595. The molecule has 0 saturated carbocycles. The Kier molecular flexibility index (Phi) is 6.06. The van der Waals surface area contributed by atoms with E-state index in [0.29, 0.717) is 22.8 Å². The highest BCUT2D eigenvalue weighted by molar-refractivity contribution is 8.01. The Morgan fingerprint density at radius 1 is 1.28 bits per heavy atom. The molecule has 130 valence electrons. The minimum atomic E-state index is -0.159. The standard InChI is InChI=1S/C16H15ClN4OS3/c1-23-15-13(16(24-2)25-20-15)14(22)19-12-7-18-21(9-12)8-10-3-5-11(17)6-4-10/h3-7,9H,8H2,1-2H3,(H,19,22). The Morgan fingerprint density at radius 3 is 2.72 bits per heavy atom. The minimum Gasteiger partial charge on any atom is -0.319 e. The number of benzene rings is 1. The second kappa shape index (κ2) is 8.27. The fourth-order valence-corrected chi connectivity index (χ4v) is 4.62. The van der Waals surface area contributed by atoms with E-state index in [0.717, 1.165) is 14.8 Å². The lowest BCUT2D eigenvalue weighted by molar-refractivity contribution is 0.102. The van der Waals surface area contributed by atoms with Crippen molar-refractivity contribution >= 4 is 58.3 Å². The third kappa shape index (κ3) is 4.38. The van der Waals surface area contributed by atoms with Gasteiger partial charge in [-0.1, -0.05) is 23.7 Å². The smallest absolute Gasteiger partial charge is 0.260 e. The summed E-state index contributed by atoms with van der Waals surface area (Å²) in [6, 6.07) is 7.60. The lowest BCUT2D eigenvalue weighted by Gasteiger charge is -2.04. The van der Waals surface area contributed by atoms with Crippen LogP contribution in [0.3, 0.4) is 0 Å². The van der Waals surface area contributed by atoms with E-state index < -0.39 is 0 Å². The van der Waals surface area contributed by atoms with Crippen LogP contribution in [-0.4, -0.2) is 32.6 Å². The summed E-state index contributed by atoms with van der Waals surface area (Å²) in [5.41, 5.74) is 2.38. The summed E-state index contributed by atoms with van der Waals surface area (Å²) in [6.45, 7) is 0.610. The van der Waals surface area contributed by atoms with Crippen molar-refractivity contribution in [2.45, 2.75) is 15.8 Å². The van der Waals surface area contributed by atoms with Gasteiger partial charge in [-0.2, -0.15) is 9.47 Å². The number of amides is 1. The van der Waals surface area contributed by atoms with E-state index in [-0.39, 0.29) is 5.91 Å². The molecule has 0 aliphatic heterocycles. The van der Waals surface area contributed by atoms with Crippen LogP contribution in [0.15, 0.2) is 45.9 Å². The Morgan fingerprint density at radius 2 is 2.04 bits per heavy atom. The summed E-state index contributed by atoms with van der Waals surface area (Å²) in [4.78, 5) is 12.6. The molecule has 9 heteroatoms. The highest BCUT2D eigenvalue weighted by Crippen LogP contribution is 2.33. The lowest BCUT2D eigenvalue weighted by Crippen LogP contribution is -2.12. The van der Waals surface area contributed by atoms with Gasteiger partial charge in [0.2, 0.25) is 0 Å². The fraction of sp³-hybridized carbons (Fsp3) is 0.188. The Labute approximate surface area is 163 Å². The fourth-order valence-electron chi connectivity index (χ4n) is 2.22. The molecule has 1 N–H and O–H groups in total. The first-order valence-electron chi connectivity index (χ1n) is 7.26. The van der Waals surface area contributed by atoms with Gasteiger partial charge >= 0.3 is 0 Å². The molecular formula is C16H15ClN4OS3. The molecule has 0 bridgehead atoms. The van der Waals surface area contributed by atoms with E-state index in [1.54, 1.807) is 10.9 Å². The van der Waals surface area contributed by atoms with Gasteiger partial charge in [-0.3, -0.25) is 9.48 Å². The maximum Gasteiger partial charge on any atom is 0.260 e. The molecule has 0 atom stereocenters. The normalized spacial score (nSPS) is 10.8. The Balaban J connectivity index is 1.72. The highest BCUT2D eigenvalue weighted by Gasteiger charge is 2.20. The maximum atomic E-state index is 12.6. The summed E-state index contributed by atoms with van der Waals surface area (Å²) < 4.78 is 7.01. The molecular weight excluding hydrogens is 396 g/mol. The van der Waals surface area contributed by atoms with E-state index in [1.165, 1.54) is 35.1 Å². The van der Waals surface area contributed by atoms with E-state index in [1.807, 2.05) is 43.0 Å². The summed E-state index contributed by atoms with van der Waals surface area (Å²) in [5.74, 6) is -0.159. The average molecular weight is 411 g/mol. The predicted molar refractivity (Wildman–Crippen MR) is 106 cm³/mol. The summed E-state index contributed by atoms with van der Waals surface area (Å²) in [7, 11) is 0. The molecule has 0 saturated heterocycles. The molecule has 3 rings (SSSR count). The number of aromatic nitrogens is 3. The number of rotatable bonds is 6. The molecule has 0 aliphatic rings. The first-order valence-corrected chi connectivity index (χ1v) is 10.9. The molecule has 0 unspecified atom stereocenters. The van der Waals surface area contributed by atoms with Crippen LogP contribution in [0.4, 0.5) is 5.69 Å². The topological polar surface area (TPSA) is 59.8 Å². The van der Waals surface area contributed by atoms with Crippen LogP contribution in [0.2, 0.25) is 5.02 Å². The van der Waals surface area contributed by atoms with Crippen LogP contribution in [0.5, 0.6) is 0 Å². The Bertz CT molecular complexity index is 854. The average Bonchev–Trinajstić information content (AvgIpc) is 3.23. The molecule has 0 fully saturated rings. The van der Waals surface area contributed by atoms with E-state index >= 15 is 0 Å². The van der Waals surface area contributed by atoms with Crippen LogP contribution >= 0.6 is 46.7 Å². The molecule has 0 aliphatic carbocycles. The van der Waals surface area contributed by atoms with E-state index in [9.17, 15) is 4.79 Å². The molecule has 1 amide bonds. The molecule has 3 aromatic rings. The number of nitrogens with zero attached hydrogens (tertiary/aromatic N) is 3. The minimum absolute atomic E-state index is 0.159. The van der Waals surface area contributed by atoms with Gasteiger partial charge in [-0.05, 0) is 41.7 Å². The van der Waals surface area contributed by atoms with Gasteiger partial charge in [0, 0.05) is 11.2 Å². The molecule has 25 heavy (non-hydrogen) atoms. The van der Waals surface area contributed by atoms with E-state index in [4.69, 9.17) is 11.6 Å². The van der Waals surface area contributed by atoms with Crippen molar-refractivity contribution in [2.75, 3.05) is 17.8 Å². The van der Waals surface area contributed by atoms with Gasteiger partial charge < -0.3 is 5.32 Å². The van der Waals surface area contributed by atoms with Crippen LogP contribution < -0.4 is 5.32 Å². The summed E-state index contributed by atoms with van der Waals surface area (Å²) in [5, 5.41) is 8.66. The summed E-state index contributed by atoms with van der Waals surface area (Å²) in [6.07, 6.45) is 7.31. The number of anilines is 1. The maximum absolute atomic E-state index is 12.6. The molecule has 0 radical (unpaired) electrons. The van der Waals surface area contributed by atoms with Crippen LogP contribution in [0.25, 0.3) is 0 Å². The third-order valence-corrected chi connectivity index (χ3v) is 6.38. The zero-order valence-corrected chi connectivity index (χ0v) is 16.7. The second-order valence-corrected chi connectivity index (χ2v) is 8.15. The molecule has 2 heterocycles. The van der Waals surface area contributed by atoms with Crippen LogP contribution in [-0.2, 0) is 6.54 Å². The molecule has 5 nitrogen and oxygen atoms in total. The van der Waals surface area contributed by atoms with Crippen LogP contribution in [0, 0.1) is 0 Å². The first-order chi connectivity index (χ1) is 12.1. The molecule has 0 spiro atoms. The van der Waals surface area contributed by atoms with Crippen molar-refractivity contribution in [2.24, 2.45) is 0 Å². The SMILES string of the molecule is CSc1nsc(SC)c1C(=O)Nc1cnn(Cc2ccc(Cl)cc2)c1. The zero-order valence-electron chi connectivity index (χ0n) is 13.5. The number of hydrogen-bond acceptors (Lipinski definition) is 6. The third-order valence-electron chi connectivity index (χ3n) is 3.38. The van der Waals surface area contributed by atoms with Gasteiger partial charge in [0.15, 0.2) is 0 Å². The van der Waals surface area contributed by atoms with Crippen molar-refractivity contribution < 1.29 is 4.79 Å². The largest absolute Gasteiger partial charge is 0.319 e. The van der Waals surface area contributed by atoms with Crippen molar-refractivity contribution in [1.82, 2.24) is 14.2 Å². The van der Waals surface area contributed by atoms with Crippen molar-refractivity contribution in [3.8, 4) is 0 Å².